The average molecular weight is 362 g/mol. The van der Waals surface area contributed by atoms with Crippen molar-refractivity contribution in [1.82, 2.24) is 4.31 Å². The number of halogens is 1. The molecule has 0 amide bonds. The van der Waals surface area contributed by atoms with Crippen LogP contribution in [0.1, 0.15) is 30.9 Å². The topological polar surface area (TPSA) is 57.6 Å². The second-order valence-electron chi connectivity index (χ2n) is 5.31. The van der Waals surface area contributed by atoms with Gasteiger partial charge in [0.1, 0.15) is 0 Å². The predicted molar refractivity (Wildman–Crippen MR) is 82.0 cm³/mol. The van der Waals surface area contributed by atoms with Gasteiger partial charge in [-0.2, -0.15) is 4.31 Å². The monoisotopic (exact) mass is 361 g/mol. The molecule has 1 saturated heterocycles. The van der Waals surface area contributed by atoms with Gasteiger partial charge in [0.25, 0.3) is 0 Å². The van der Waals surface area contributed by atoms with Crippen LogP contribution in [-0.4, -0.2) is 30.9 Å². The lowest BCUT2D eigenvalue weighted by molar-refractivity contribution is 0.281. The smallest absolute Gasteiger partial charge is 0.244 e. The summed E-state index contributed by atoms with van der Waals surface area (Å²) in [6, 6.07) is 3.35. The quantitative estimate of drug-likeness (QED) is 0.896. The van der Waals surface area contributed by atoms with Crippen molar-refractivity contribution in [1.29, 1.82) is 0 Å². The van der Waals surface area contributed by atoms with Gasteiger partial charge in [0.2, 0.25) is 10.0 Å². The zero-order valence-corrected chi connectivity index (χ0v) is 14.2. The normalized spacial score (nSPS) is 20.5. The molecule has 0 saturated carbocycles. The summed E-state index contributed by atoms with van der Waals surface area (Å²) in [7, 11) is -3.49. The molecule has 20 heavy (non-hydrogen) atoms. The Morgan fingerprint density at radius 2 is 2.15 bits per heavy atom. The Kier molecular flexibility index (Phi) is 4.89. The fourth-order valence-electron chi connectivity index (χ4n) is 2.58. The van der Waals surface area contributed by atoms with Gasteiger partial charge < -0.3 is 5.11 Å². The Balaban J connectivity index is 2.42. The molecule has 0 radical (unpaired) electrons. The molecule has 1 aliphatic heterocycles. The number of aliphatic hydroxyl groups excluding tert-OH is 1. The summed E-state index contributed by atoms with van der Waals surface area (Å²) in [5.41, 5.74) is 1.44. The second kappa shape index (κ2) is 6.13. The summed E-state index contributed by atoms with van der Waals surface area (Å²) in [6.45, 7) is 4.94. The van der Waals surface area contributed by atoms with E-state index in [1.165, 1.54) is 0 Å². The fraction of sp³-hybridized carbons (Fsp3) is 0.571. The average Bonchev–Trinajstić information content (AvgIpc) is 2.91. The van der Waals surface area contributed by atoms with Crippen LogP contribution >= 0.6 is 15.9 Å². The third-order valence-corrected chi connectivity index (χ3v) is 7.11. The number of nitrogens with zero attached hydrogens (tertiary/aromatic N) is 1. The predicted octanol–water partition coefficient (Wildman–Crippen LogP) is 2.67. The zero-order valence-electron chi connectivity index (χ0n) is 11.8. The molecule has 6 heteroatoms. The lowest BCUT2D eigenvalue weighted by atomic mass is 10.1. The minimum atomic E-state index is -3.49. The van der Waals surface area contributed by atoms with Crippen LogP contribution in [0, 0.1) is 12.8 Å². The third kappa shape index (κ3) is 2.93. The van der Waals surface area contributed by atoms with Crippen LogP contribution in [0.2, 0.25) is 0 Å². The van der Waals surface area contributed by atoms with Crippen LogP contribution in [0.4, 0.5) is 0 Å². The van der Waals surface area contributed by atoms with Gasteiger partial charge in [-0.3, -0.25) is 0 Å². The van der Waals surface area contributed by atoms with E-state index in [9.17, 15) is 13.5 Å². The van der Waals surface area contributed by atoms with Gasteiger partial charge in [0.05, 0.1) is 11.5 Å². The van der Waals surface area contributed by atoms with E-state index in [0.717, 1.165) is 18.4 Å². The van der Waals surface area contributed by atoms with Gasteiger partial charge in [-0.1, -0.05) is 19.4 Å². The number of hydrogen-bond acceptors (Lipinski definition) is 3. The van der Waals surface area contributed by atoms with Crippen LogP contribution < -0.4 is 0 Å². The molecule has 2 rings (SSSR count). The van der Waals surface area contributed by atoms with E-state index in [1.807, 2.05) is 6.92 Å². The molecule has 0 aliphatic carbocycles. The van der Waals surface area contributed by atoms with Crippen LogP contribution in [0.5, 0.6) is 0 Å². The Morgan fingerprint density at radius 1 is 1.45 bits per heavy atom. The summed E-state index contributed by atoms with van der Waals surface area (Å²) in [6.07, 6.45) is 1.93. The molecule has 1 heterocycles. The van der Waals surface area contributed by atoms with E-state index in [2.05, 4.69) is 22.9 Å². The Bertz CT molecular complexity index is 601. The van der Waals surface area contributed by atoms with Gasteiger partial charge in [-0.15, -0.1) is 0 Å². The number of sulfonamides is 1. The Morgan fingerprint density at radius 3 is 2.70 bits per heavy atom. The lowest BCUT2D eigenvalue weighted by Crippen LogP contribution is -2.29. The molecule has 1 N–H and O–H groups in total. The van der Waals surface area contributed by atoms with Gasteiger partial charge in [-0.05, 0) is 52.4 Å². The van der Waals surface area contributed by atoms with Crippen molar-refractivity contribution in [2.24, 2.45) is 5.92 Å². The van der Waals surface area contributed by atoms with E-state index >= 15 is 0 Å². The van der Waals surface area contributed by atoms with Crippen molar-refractivity contribution in [3.8, 4) is 0 Å². The molecule has 1 atom stereocenters. The Labute approximate surface area is 129 Å². The highest BCUT2D eigenvalue weighted by Gasteiger charge is 2.33. The minimum Gasteiger partial charge on any atom is -0.392 e. The first-order valence-electron chi connectivity index (χ1n) is 6.80. The van der Waals surface area contributed by atoms with Crippen LogP contribution in [0.25, 0.3) is 0 Å². The fourth-order valence-corrected chi connectivity index (χ4v) is 5.14. The van der Waals surface area contributed by atoms with E-state index in [1.54, 1.807) is 16.4 Å². The van der Waals surface area contributed by atoms with Crippen molar-refractivity contribution >= 4 is 26.0 Å². The van der Waals surface area contributed by atoms with E-state index in [0.29, 0.717) is 29.0 Å². The molecule has 1 aromatic rings. The van der Waals surface area contributed by atoms with Crippen molar-refractivity contribution < 1.29 is 13.5 Å². The standard InChI is InChI=1S/C14H20BrNO3S/c1-3-11-4-5-16(8-11)20(18,19)13-7-12(9-17)6-10(2)14(13)15/h6-7,11,17H,3-5,8-9H2,1-2H3. The number of benzene rings is 1. The molecule has 1 unspecified atom stereocenters. The van der Waals surface area contributed by atoms with Crippen molar-refractivity contribution in [3.05, 3.63) is 27.7 Å². The number of aliphatic hydroxyl groups is 1. The zero-order chi connectivity index (χ0) is 14.9. The number of rotatable bonds is 4. The maximum Gasteiger partial charge on any atom is 0.244 e. The summed E-state index contributed by atoms with van der Waals surface area (Å²) < 4.78 is 27.7. The summed E-state index contributed by atoms with van der Waals surface area (Å²) in [5.74, 6) is 0.450. The molecule has 0 bridgehead atoms. The molecule has 0 spiro atoms. The highest BCUT2D eigenvalue weighted by Crippen LogP contribution is 2.32. The van der Waals surface area contributed by atoms with Crippen molar-refractivity contribution in [2.45, 2.75) is 38.2 Å². The first-order valence-corrected chi connectivity index (χ1v) is 9.03. The third-order valence-electron chi connectivity index (χ3n) is 3.91. The molecule has 1 aromatic carbocycles. The van der Waals surface area contributed by atoms with Gasteiger partial charge in [0.15, 0.2) is 0 Å². The van der Waals surface area contributed by atoms with Gasteiger partial charge >= 0.3 is 0 Å². The van der Waals surface area contributed by atoms with Crippen LogP contribution in [-0.2, 0) is 16.6 Å². The number of aryl methyl sites for hydroxylation is 1. The van der Waals surface area contributed by atoms with Gasteiger partial charge in [0, 0.05) is 17.6 Å². The minimum absolute atomic E-state index is 0.159. The first-order chi connectivity index (χ1) is 9.40. The van der Waals surface area contributed by atoms with E-state index < -0.39 is 10.0 Å². The molecular weight excluding hydrogens is 342 g/mol. The van der Waals surface area contributed by atoms with E-state index in [4.69, 9.17) is 0 Å². The van der Waals surface area contributed by atoms with Crippen LogP contribution in [0.3, 0.4) is 0 Å². The Hall–Kier alpha value is -0.430. The molecule has 0 aromatic heterocycles. The molecule has 112 valence electrons. The SMILES string of the molecule is CCC1CCN(S(=O)(=O)c2cc(CO)cc(C)c2Br)C1. The van der Waals surface area contributed by atoms with E-state index in [-0.39, 0.29) is 11.5 Å². The first kappa shape index (κ1) is 15.9. The summed E-state index contributed by atoms with van der Waals surface area (Å²) in [5, 5.41) is 9.26. The summed E-state index contributed by atoms with van der Waals surface area (Å²) in [4.78, 5) is 0.262. The molecule has 1 aliphatic rings. The van der Waals surface area contributed by atoms with Gasteiger partial charge in [-0.25, -0.2) is 8.42 Å². The maximum atomic E-state index is 12.8. The molecular formula is C14H20BrNO3S. The maximum absolute atomic E-state index is 12.8. The number of hydrogen-bond donors (Lipinski definition) is 1. The second-order valence-corrected chi connectivity index (χ2v) is 8.01. The molecule has 1 fully saturated rings. The largest absolute Gasteiger partial charge is 0.392 e. The highest BCUT2D eigenvalue weighted by atomic mass is 79.9. The van der Waals surface area contributed by atoms with Crippen molar-refractivity contribution in [3.63, 3.8) is 0 Å². The highest BCUT2D eigenvalue weighted by molar-refractivity contribution is 9.10. The lowest BCUT2D eigenvalue weighted by Gasteiger charge is -2.19. The van der Waals surface area contributed by atoms with Crippen molar-refractivity contribution in [2.75, 3.05) is 13.1 Å². The molecule has 4 nitrogen and oxygen atoms in total. The van der Waals surface area contributed by atoms with Crippen LogP contribution in [0.15, 0.2) is 21.5 Å². The summed E-state index contributed by atoms with van der Waals surface area (Å²) >= 11 is 3.37.